The van der Waals surface area contributed by atoms with E-state index < -0.39 is 5.91 Å². The van der Waals surface area contributed by atoms with Gasteiger partial charge in [0.15, 0.2) is 5.84 Å². The SMILES string of the molecule is CC1(COc2ccc(NCC3=C4C(=O)N=C(N)N=C4N=C3)cc2)CCCCC1. The van der Waals surface area contributed by atoms with Gasteiger partial charge in [0.2, 0.25) is 5.96 Å². The molecule has 1 aromatic rings. The number of nitrogens with zero attached hydrogens (tertiary/aromatic N) is 3. The molecule has 7 nitrogen and oxygen atoms in total. The number of nitrogens with one attached hydrogen (secondary N) is 1. The Balaban J connectivity index is 1.34. The highest BCUT2D eigenvalue weighted by Gasteiger charge is 2.28. The summed E-state index contributed by atoms with van der Waals surface area (Å²) in [7, 11) is 0. The van der Waals surface area contributed by atoms with Crippen LogP contribution in [-0.4, -0.2) is 37.1 Å². The van der Waals surface area contributed by atoms with E-state index in [9.17, 15) is 4.79 Å². The third-order valence-corrected chi connectivity index (χ3v) is 5.52. The van der Waals surface area contributed by atoms with Crippen molar-refractivity contribution in [3.63, 3.8) is 0 Å². The van der Waals surface area contributed by atoms with Crippen LogP contribution in [0.25, 0.3) is 0 Å². The lowest BCUT2D eigenvalue weighted by atomic mass is 9.76. The minimum absolute atomic E-state index is 0.0483. The molecule has 2 aliphatic heterocycles. The van der Waals surface area contributed by atoms with Crippen LogP contribution >= 0.6 is 0 Å². The third-order valence-electron chi connectivity index (χ3n) is 5.52. The number of nitrogens with two attached hydrogens (primary N) is 1. The highest BCUT2D eigenvalue weighted by molar-refractivity contribution is 6.34. The lowest BCUT2D eigenvalue weighted by Gasteiger charge is -2.33. The second-order valence-corrected chi connectivity index (χ2v) is 7.91. The van der Waals surface area contributed by atoms with Crippen molar-refractivity contribution < 1.29 is 9.53 Å². The standard InChI is InChI=1S/C21H25N5O2/c1-21(9-3-2-4-10-21)13-28-16-7-5-15(6-8-16)23-11-14-12-24-18-17(14)19(27)26-20(22)25-18/h5-8,12,23H,2-4,9-11,13H2,1H3,(H2,22,26,27). The fraction of sp³-hybridized carbons (Fsp3) is 0.429. The summed E-state index contributed by atoms with van der Waals surface area (Å²) in [6.45, 7) is 3.54. The van der Waals surface area contributed by atoms with Gasteiger partial charge in [0.05, 0.1) is 12.2 Å². The van der Waals surface area contributed by atoms with Crippen molar-refractivity contribution in [1.29, 1.82) is 0 Å². The van der Waals surface area contributed by atoms with E-state index >= 15 is 0 Å². The Morgan fingerprint density at radius 1 is 1.14 bits per heavy atom. The number of ether oxygens (including phenoxy) is 1. The van der Waals surface area contributed by atoms with Crippen molar-refractivity contribution in [2.75, 3.05) is 18.5 Å². The van der Waals surface area contributed by atoms with E-state index in [1.807, 2.05) is 24.3 Å². The summed E-state index contributed by atoms with van der Waals surface area (Å²) in [5.41, 5.74) is 7.91. The number of guanidine groups is 1. The Bertz CT molecular complexity index is 890. The molecule has 0 bridgehead atoms. The summed E-state index contributed by atoms with van der Waals surface area (Å²) < 4.78 is 6.03. The van der Waals surface area contributed by atoms with E-state index in [-0.39, 0.29) is 5.96 Å². The summed E-state index contributed by atoms with van der Waals surface area (Å²) in [4.78, 5) is 23.9. The molecule has 7 heteroatoms. The topological polar surface area (TPSA) is 101 Å². The summed E-state index contributed by atoms with van der Waals surface area (Å²) in [5.74, 6) is 0.780. The van der Waals surface area contributed by atoms with Crippen molar-refractivity contribution >= 4 is 29.6 Å². The van der Waals surface area contributed by atoms with E-state index in [0.29, 0.717) is 23.4 Å². The Hall–Kier alpha value is -2.96. The van der Waals surface area contributed by atoms with Gasteiger partial charge in [0, 0.05) is 29.4 Å². The molecule has 0 atom stereocenters. The van der Waals surface area contributed by atoms with Crippen molar-refractivity contribution in [3.05, 3.63) is 35.4 Å². The quantitative estimate of drug-likeness (QED) is 0.793. The van der Waals surface area contributed by atoms with Crippen LogP contribution in [0.4, 0.5) is 5.69 Å². The number of hydrogen-bond acceptors (Lipinski definition) is 6. The van der Waals surface area contributed by atoms with E-state index in [4.69, 9.17) is 10.5 Å². The van der Waals surface area contributed by atoms with Crippen LogP contribution in [0, 0.1) is 5.41 Å². The van der Waals surface area contributed by atoms with Crippen LogP contribution in [0.2, 0.25) is 0 Å². The molecule has 1 saturated carbocycles. The molecule has 1 aliphatic carbocycles. The maximum atomic E-state index is 12.1. The molecule has 1 fully saturated rings. The summed E-state index contributed by atoms with van der Waals surface area (Å²) in [6, 6.07) is 7.89. The average Bonchev–Trinajstić information content (AvgIpc) is 3.09. The molecule has 0 saturated heterocycles. The maximum absolute atomic E-state index is 12.1. The molecule has 0 radical (unpaired) electrons. The molecule has 4 rings (SSSR count). The van der Waals surface area contributed by atoms with Gasteiger partial charge in [-0.25, -0.2) is 4.99 Å². The van der Waals surface area contributed by atoms with Crippen molar-refractivity contribution in [2.24, 2.45) is 26.1 Å². The fourth-order valence-corrected chi connectivity index (χ4v) is 3.83. The molecule has 0 spiro atoms. The number of anilines is 1. The summed E-state index contributed by atoms with van der Waals surface area (Å²) in [5, 5.41) is 3.30. The number of amidine groups is 1. The lowest BCUT2D eigenvalue weighted by molar-refractivity contribution is -0.113. The van der Waals surface area contributed by atoms with Crippen LogP contribution in [-0.2, 0) is 4.79 Å². The van der Waals surface area contributed by atoms with Gasteiger partial charge in [-0.05, 0) is 37.1 Å². The number of aliphatic imine (C=N–C) groups is 3. The van der Waals surface area contributed by atoms with Gasteiger partial charge in [-0.2, -0.15) is 9.98 Å². The van der Waals surface area contributed by atoms with Gasteiger partial charge in [0.25, 0.3) is 5.91 Å². The largest absolute Gasteiger partial charge is 0.493 e. The van der Waals surface area contributed by atoms with Crippen LogP contribution in [0.5, 0.6) is 5.75 Å². The Morgan fingerprint density at radius 2 is 1.89 bits per heavy atom. The summed E-state index contributed by atoms with van der Waals surface area (Å²) >= 11 is 0. The van der Waals surface area contributed by atoms with Crippen LogP contribution < -0.4 is 15.8 Å². The van der Waals surface area contributed by atoms with Crippen molar-refractivity contribution in [2.45, 2.75) is 39.0 Å². The molecule has 1 aromatic carbocycles. The second kappa shape index (κ2) is 7.58. The van der Waals surface area contributed by atoms with Crippen molar-refractivity contribution in [1.82, 2.24) is 0 Å². The molecule has 0 unspecified atom stereocenters. The first kappa shape index (κ1) is 18.4. The average molecular weight is 379 g/mol. The van der Waals surface area contributed by atoms with Crippen LogP contribution in [0.3, 0.4) is 0 Å². The smallest absolute Gasteiger partial charge is 0.284 e. The fourth-order valence-electron chi connectivity index (χ4n) is 3.83. The highest BCUT2D eigenvalue weighted by atomic mass is 16.5. The summed E-state index contributed by atoms with van der Waals surface area (Å²) in [6.07, 6.45) is 8.07. The molecular formula is C21H25N5O2. The van der Waals surface area contributed by atoms with E-state index in [2.05, 4.69) is 27.2 Å². The second-order valence-electron chi connectivity index (χ2n) is 7.91. The van der Waals surface area contributed by atoms with Crippen molar-refractivity contribution in [3.8, 4) is 5.75 Å². The Morgan fingerprint density at radius 3 is 2.64 bits per heavy atom. The molecular weight excluding hydrogens is 354 g/mol. The van der Waals surface area contributed by atoms with Gasteiger partial charge in [-0.15, -0.1) is 0 Å². The number of benzene rings is 1. The predicted octanol–water partition coefficient (Wildman–Crippen LogP) is 3.08. The predicted molar refractivity (Wildman–Crippen MR) is 111 cm³/mol. The zero-order chi connectivity index (χ0) is 19.6. The zero-order valence-electron chi connectivity index (χ0n) is 16.1. The molecule has 3 N–H and O–H groups in total. The number of amides is 1. The van der Waals surface area contributed by atoms with E-state index in [1.54, 1.807) is 6.21 Å². The van der Waals surface area contributed by atoms with Gasteiger partial charge >= 0.3 is 0 Å². The number of hydrogen-bond donors (Lipinski definition) is 2. The molecule has 2 heterocycles. The first-order valence-corrected chi connectivity index (χ1v) is 9.74. The lowest BCUT2D eigenvalue weighted by Crippen LogP contribution is -2.27. The van der Waals surface area contributed by atoms with Crippen LogP contribution in [0.1, 0.15) is 39.0 Å². The monoisotopic (exact) mass is 379 g/mol. The first-order valence-electron chi connectivity index (χ1n) is 9.74. The normalized spacial score (nSPS) is 20.5. The van der Waals surface area contributed by atoms with Gasteiger partial charge in [-0.3, -0.25) is 4.79 Å². The number of carbonyl (C=O) groups excluding carboxylic acids is 1. The number of fused-ring (bicyclic) bond motifs is 1. The molecule has 0 aromatic heterocycles. The number of carbonyl (C=O) groups is 1. The molecule has 28 heavy (non-hydrogen) atoms. The van der Waals surface area contributed by atoms with Gasteiger partial charge in [-0.1, -0.05) is 26.2 Å². The Kier molecular flexibility index (Phi) is 4.98. The van der Waals surface area contributed by atoms with E-state index in [0.717, 1.165) is 23.6 Å². The highest BCUT2D eigenvalue weighted by Crippen LogP contribution is 2.36. The first-order chi connectivity index (χ1) is 13.5. The minimum Gasteiger partial charge on any atom is -0.493 e. The van der Waals surface area contributed by atoms with Crippen LogP contribution in [0.15, 0.2) is 50.4 Å². The minimum atomic E-state index is -0.392. The molecule has 1 amide bonds. The van der Waals surface area contributed by atoms with Gasteiger partial charge in [0.1, 0.15) is 5.75 Å². The molecule has 146 valence electrons. The van der Waals surface area contributed by atoms with Gasteiger partial charge < -0.3 is 15.8 Å². The molecule has 3 aliphatic rings. The third kappa shape index (κ3) is 3.98. The van der Waals surface area contributed by atoms with E-state index in [1.165, 1.54) is 32.1 Å². The zero-order valence-corrected chi connectivity index (χ0v) is 16.1. The Labute approximate surface area is 164 Å². The maximum Gasteiger partial charge on any atom is 0.284 e. The number of rotatable bonds is 6.